The number of para-hydroxylation sites is 1. The largest absolute Gasteiger partial charge is 0.488 e. The Morgan fingerprint density at radius 1 is 1.04 bits per heavy atom. The molecule has 0 aromatic heterocycles. The van der Waals surface area contributed by atoms with E-state index in [0.717, 1.165) is 11.3 Å². The van der Waals surface area contributed by atoms with Crippen molar-refractivity contribution in [3.63, 3.8) is 0 Å². The maximum absolute atomic E-state index is 12.4. The van der Waals surface area contributed by atoms with Crippen LogP contribution in [-0.2, 0) is 0 Å². The highest BCUT2D eigenvalue weighted by atomic mass is 16.5. The number of carbonyl (C=O) groups is 1. The number of hydrogen-bond acceptors (Lipinski definition) is 3. The summed E-state index contributed by atoms with van der Waals surface area (Å²) in [4.78, 5) is 14.5. The monoisotopic (exact) mass is 305 g/mol. The zero-order chi connectivity index (χ0) is 16.2. The van der Waals surface area contributed by atoms with Crippen molar-refractivity contribution in [3.8, 4) is 5.75 Å². The predicted molar refractivity (Wildman–Crippen MR) is 94.2 cm³/mol. The van der Waals surface area contributed by atoms with Crippen molar-refractivity contribution in [1.82, 2.24) is 0 Å². The second-order valence-corrected chi connectivity index (χ2v) is 5.65. The van der Waals surface area contributed by atoms with Gasteiger partial charge in [0.1, 0.15) is 12.4 Å². The number of nitrogens with zero attached hydrogens (tertiary/aromatic N) is 1. The highest BCUT2D eigenvalue weighted by Crippen LogP contribution is 2.26. The standard InChI is InChI=1S/C20H19NO2/c1-21(2)17-12-10-15(11-13-17)6-5-7-16-14-23-19-9-4-3-8-18(19)20(16)22/h3-13H,14H2,1-2H3/b6-5+,16-7+. The Labute approximate surface area is 136 Å². The molecule has 3 nitrogen and oxygen atoms in total. The highest BCUT2D eigenvalue weighted by Gasteiger charge is 2.21. The van der Waals surface area contributed by atoms with Gasteiger partial charge in [-0.1, -0.05) is 42.5 Å². The smallest absolute Gasteiger partial charge is 0.196 e. The van der Waals surface area contributed by atoms with Crippen molar-refractivity contribution >= 4 is 17.5 Å². The summed E-state index contributed by atoms with van der Waals surface area (Å²) < 4.78 is 5.62. The van der Waals surface area contributed by atoms with Crippen molar-refractivity contribution in [2.24, 2.45) is 0 Å². The summed E-state index contributed by atoms with van der Waals surface area (Å²) in [6, 6.07) is 15.6. The van der Waals surface area contributed by atoms with Gasteiger partial charge >= 0.3 is 0 Å². The van der Waals surface area contributed by atoms with Crippen molar-refractivity contribution in [2.45, 2.75) is 0 Å². The second-order valence-electron chi connectivity index (χ2n) is 5.65. The van der Waals surface area contributed by atoms with Crippen LogP contribution in [0.5, 0.6) is 5.75 Å². The van der Waals surface area contributed by atoms with E-state index in [9.17, 15) is 4.79 Å². The van der Waals surface area contributed by atoms with Crippen molar-refractivity contribution in [2.75, 3.05) is 25.6 Å². The first-order valence-corrected chi connectivity index (χ1v) is 7.56. The summed E-state index contributed by atoms with van der Waals surface area (Å²) in [5.41, 5.74) is 3.56. The van der Waals surface area contributed by atoms with Gasteiger partial charge in [0, 0.05) is 25.4 Å². The first-order chi connectivity index (χ1) is 11.1. The van der Waals surface area contributed by atoms with Crippen LogP contribution in [0.25, 0.3) is 6.08 Å². The Balaban J connectivity index is 1.74. The minimum Gasteiger partial charge on any atom is -0.488 e. The normalized spacial score (nSPS) is 15.6. The third kappa shape index (κ3) is 3.34. The number of allylic oxidation sites excluding steroid dienone is 2. The molecule has 3 heteroatoms. The molecule has 1 aliphatic rings. The Bertz CT molecular complexity index is 770. The number of carbonyl (C=O) groups excluding carboxylic acids is 1. The first-order valence-electron chi connectivity index (χ1n) is 7.56. The summed E-state index contributed by atoms with van der Waals surface area (Å²) in [5, 5.41) is 0. The molecule has 1 aliphatic heterocycles. The molecule has 0 saturated heterocycles. The molecule has 0 bridgehead atoms. The number of ether oxygens (including phenoxy) is 1. The number of hydrogen-bond donors (Lipinski definition) is 0. The first kappa shape index (κ1) is 15.1. The Morgan fingerprint density at radius 2 is 1.78 bits per heavy atom. The van der Waals surface area contributed by atoms with E-state index in [1.807, 2.05) is 50.5 Å². The Kier molecular flexibility index (Phi) is 4.29. The minimum atomic E-state index is 0.0412. The number of anilines is 1. The van der Waals surface area contributed by atoms with Crippen LogP contribution < -0.4 is 9.64 Å². The summed E-state index contributed by atoms with van der Waals surface area (Å²) in [5.74, 6) is 0.706. The van der Waals surface area contributed by atoms with Crippen LogP contribution in [0.3, 0.4) is 0 Å². The van der Waals surface area contributed by atoms with Gasteiger partial charge in [0.05, 0.1) is 5.56 Å². The molecule has 2 aromatic carbocycles. The van der Waals surface area contributed by atoms with Gasteiger partial charge in [-0.2, -0.15) is 0 Å². The maximum Gasteiger partial charge on any atom is 0.196 e. The van der Waals surface area contributed by atoms with Gasteiger partial charge in [0.2, 0.25) is 0 Å². The zero-order valence-corrected chi connectivity index (χ0v) is 13.3. The fourth-order valence-electron chi connectivity index (χ4n) is 2.46. The van der Waals surface area contributed by atoms with Gasteiger partial charge in [0.15, 0.2) is 5.78 Å². The second kappa shape index (κ2) is 6.53. The number of fused-ring (bicyclic) bond motifs is 1. The lowest BCUT2D eigenvalue weighted by Crippen LogP contribution is -2.18. The van der Waals surface area contributed by atoms with Gasteiger partial charge in [-0.3, -0.25) is 4.79 Å². The van der Waals surface area contributed by atoms with E-state index in [1.165, 1.54) is 0 Å². The fraction of sp³-hybridized carbons (Fsp3) is 0.150. The third-order valence-electron chi connectivity index (χ3n) is 3.80. The highest BCUT2D eigenvalue weighted by molar-refractivity contribution is 6.11. The number of benzene rings is 2. The van der Waals surface area contributed by atoms with E-state index in [0.29, 0.717) is 23.5 Å². The van der Waals surface area contributed by atoms with E-state index in [4.69, 9.17) is 4.74 Å². The average molecular weight is 305 g/mol. The topological polar surface area (TPSA) is 29.5 Å². The van der Waals surface area contributed by atoms with Crippen LogP contribution in [0.2, 0.25) is 0 Å². The molecule has 2 aromatic rings. The average Bonchev–Trinajstić information content (AvgIpc) is 2.57. The fourth-order valence-corrected chi connectivity index (χ4v) is 2.46. The molecule has 0 radical (unpaired) electrons. The lowest BCUT2D eigenvalue weighted by molar-refractivity contribution is 0.0999. The van der Waals surface area contributed by atoms with Crippen LogP contribution in [0.1, 0.15) is 15.9 Å². The lowest BCUT2D eigenvalue weighted by atomic mass is 10.00. The molecule has 3 rings (SSSR count). The predicted octanol–water partition coefficient (Wildman–Crippen LogP) is 3.97. The molecule has 23 heavy (non-hydrogen) atoms. The number of rotatable bonds is 3. The Morgan fingerprint density at radius 3 is 2.52 bits per heavy atom. The Hall–Kier alpha value is -2.81. The lowest BCUT2D eigenvalue weighted by Gasteiger charge is -2.17. The van der Waals surface area contributed by atoms with Gasteiger partial charge in [-0.15, -0.1) is 0 Å². The molecular formula is C20H19NO2. The number of ketones is 1. The molecule has 1 heterocycles. The summed E-state index contributed by atoms with van der Waals surface area (Å²) in [6.45, 7) is 0.319. The van der Waals surface area contributed by atoms with E-state index in [2.05, 4.69) is 29.2 Å². The molecule has 116 valence electrons. The van der Waals surface area contributed by atoms with Crippen LogP contribution in [0.4, 0.5) is 5.69 Å². The molecular weight excluding hydrogens is 286 g/mol. The quantitative estimate of drug-likeness (QED) is 0.804. The summed E-state index contributed by atoms with van der Waals surface area (Å²) in [6.07, 6.45) is 5.72. The van der Waals surface area contributed by atoms with E-state index in [-0.39, 0.29) is 5.78 Å². The van der Waals surface area contributed by atoms with Crippen LogP contribution >= 0.6 is 0 Å². The molecule has 0 spiro atoms. The van der Waals surface area contributed by atoms with E-state index < -0.39 is 0 Å². The van der Waals surface area contributed by atoms with E-state index >= 15 is 0 Å². The maximum atomic E-state index is 12.4. The van der Waals surface area contributed by atoms with Crippen molar-refractivity contribution in [3.05, 3.63) is 77.4 Å². The molecule has 0 unspecified atom stereocenters. The summed E-state index contributed by atoms with van der Waals surface area (Å²) in [7, 11) is 4.03. The van der Waals surface area contributed by atoms with Gasteiger partial charge in [-0.25, -0.2) is 0 Å². The third-order valence-corrected chi connectivity index (χ3v) is 3.80. The molecule has 0 N–H and O–H groups in total. The molecule has 0 saturated carbocycles. The van der Waals surface area contributed by atoms with Crippen LogP contribution in [0, 0.1) is 0 Å². The summed E-state index contributed by atoms with van der Waals surface area (Å²) >= 11 is 0. The molecule has 0 aliphatic carbocycles. The van der Waals surface area contributed by atoms with E-state index in [1.54, 1.807) is 6.07 Å². The van der Waals surface area contributed by atoms with Crippen LogP contribution in [0.15, 0.2) is 66.3 Å². The van der Waals surface area contributed by atoms with Gasteiger partial charge in [0.25, 0.3) is 0 Å². The zero-order valence-electron chi connectivity index (χ0n) is 13.3. The van der Waals surface area contributed by atoms with Crippen molar-refractivity contribution in [1.29, 1.82) is 0 Å². The number of Topliss-reactive ketones (excluding diaryl/α,β-unsaturated/α-hetero) is 1. The van der Waals surface area contributed by atoms with Crippen molar-refractivity contribution < 1.29 is 9.53 Å². The molecule has 0 fully saturated rings. The molecule has 0 amide bonds. The van der Waals surface area contributed by atoms with Crippen LogP contribution in [-0.4, -0.2) is 26.5 Å². The minimum absolute atomic E-state index is 0.0412. The SMILES string of the molecule is CN(C)c1ccc(/C=C/C=C2\COc3ccccc3C2=O)cc1. The van der Waals surface area contributed by atoms with Gasteiger partial charge < -0.3 is 9.64 Å². The molecule has 0 atom stereocenters. The van der Waals surface area contributed by atoms with Gasteiger partial charge in [-0.05, 0) is 29.8 Å².